The van der Waals surface area contributed by atoms with Crippen LogP contribution in [0.1, 0.15) is 26.7 Å². The number of esters is 1. The van der Waals surface area contributed by atoms with Gasteiger partial charge >= 0.3 is 5.97 Å². The summed E-state index contributed by atoms with van der Waals surface area (Å²) in [7, 11) is 0. The molecule has 0 aromatic heterocycles. The van der Waals surface area contributed by atoms with Crippen LogP contribution in [0.4, 0.5) is 0 Å². The van der Waals surface area contributed by atoms with E-state index < -0.39 is 5.79 Å². The van der Waals surface area contributed by atoms with Crippen molar-refractivity contribution in [2.45, 2.75) is 44.7 Å². The van der Waals surface area contributed by atoms with Crippen molar-refractivity contribution in [3.8, 4) is 0 Å². The largest absolute Gasteiger partial charge is 0.459 e. The van der Waals surface area contributed by atoms with Crippen molar-refractivity contribution in [2.24, 2.45) is 0 Å². The lowest BCUT2D eigenvalue weighted by Crippen LogP contribution is -2.30. The zero-order chi connectivity index (χ0) is 9.47. The molecular formula is C9H14O4. The van der Waals surface area contributed by atoms with Crippen LogP contribution in [-0.2, 0) is 19.0 Å². The van der Waals surface area contributed by atoms with Gasteiger partial charge in [-0.15, -0.1) is 0 Å². The van der Waals surface area contributed by atoms with E-state index in [0.717, 1.165) is 6.42 Å². The van der Waals surface area contributed by atoms with E-state index in [1.807, 2.05) is 13.8 Å². The van der Waals surface area contributed by atoms with Gasteiger partial charge in [0.25, 0.3) is 0 Å². The zero-order valence-electron chi connectivity index (χ0n) is 7.91. The van der Waals surface area contributed by atoms with Gasteiger partial charge in [-0.05, 0) is 20.3 Å². The first-order valence-corrected chi connectivity index (χ1v) is 4.58. The van der Waals surface area contributed by atoms with Gasteiger partial charge in [-0.2, -0.15) is 0 Å². The molecule has 0 amide bonds. The Morgan fingerprint density at radius 3 is 2.62 bits per heavy atom. The molecule has 0 unspecified atom stereocenters. The number of carbonyl (C=O) groups excluding carboxylic acids is 1. The Balaban J connectivity index is 1.93. The molecule has 13 heavy (non-hydrogen) atoms. The maximum Gasteiger partial charge on any atom is 0.306 e. The molecule has 0 bridgehead atoms. The second kappa shape index (κ2) is 2.96. The molecule has 0 aromatic carbocycles. The number of ether oxygens (including phenoxy) is 3. The summed E-state index contributed by atoms with van der Waals surface area (Å²) < 4.78 is 16.1. The average Bonchev–Trinajstić information content (AvgIpc) is 2.56. The first-order valence-electron chi connectivity index (χ1n) is 4.58. The van der Waals surface area contributed by atoms with Crippen LogP contribution in [0.15, 0.2) is 0 Å². The van der Waals surface area contributed by atoms with Crippen molar-refractivity contribution in [3.05, 3.63) is 0 Å². The number of hydrogen-bond acceptors (Lipinski definition) is 4. The monoisotopic (exact) mass is 186 g/mol. The van der Waals surface area contributed by atoms with Crippen LogP contribution in [0.2, 0.25) is 0 Å². The van der Waals surface area contributed by atoms with Crippen molar-refractivity contribution in [3.63, 3.8) is 0 Å². The molecular weight excluding hydrogens is 172 g/mol. The lowest BCUT2D eigenvalue weighted by molar-refractivity contribution is -0.161. The highest BCUT2D eigenvalue weighted by Gasteiger charge is 2.41. The lowest BCUT2D eigenvalue weighted by atomic mass is 10.1. The highest BCUT2D eigenvalue weighted by atomic mass is 16.8. The van der Waals surface area contributed by atoms with E-state index in [1.54, 1.807) is 0 Å². The molecule has 2 atom stereocenters. The summed E-state index contributed by atoms with van der Waals surface area (Å²) in [6.07, 6.45) is 1.07. The Labute approximate surface area is 77.1 Å². The van der Waals surface area contributed by atoms with E-state index in [1.165, 1.54) is 0 Å². The summed E-state index contributed by atoms with van der Waals surface area (Å²) in [4.78, 5) is 10.9. The standard InChI is InChI=1S/C9H14O4/c1-9(2)11-5-7(13-9)6-3-4-8(10)12-6/h6-7H,3-5H2,1-2H3/t6-,7-/m1/s1. The minimum Gasteiger partial charge on any atom is -0.459 e. The predicted molar refractivity (Wildman–Crippen MR) is 44.0 cm³/mol. The molecule has 2 aliphatic rings. The molecule has 2 fully saturated rings. The molecule has 0 aliphatic carbocycles. The van der Waals surface area contributed by atoms with Crippen LogP contribution in [-0.4, -0.2) is 30.6 Å². The summed E-state index contributed by atoms with van der Waals surface area (Å²) >= 11 is 0. The third-order valence-electron chi connectivity index (χ3n) is 2.36. The van der Waals surface area contributed by atoms with Gasteiger partial charge in [-0.1, -0.05) is 0 Å². The van der Waals surface area contributed by atoms with Crippen LogP contribution in [0.5, 0.6) is 0 Å². The Bertz CT molecular complexity index is 224. The first kappa shape index (κ1) is 8.97. The van der Waals surface area contributed by atoms with Gasteiger partial charge in [0.15, 0.2) is 5.79 Å². The highest BCUT2D eigenvalue weighted by molar-refractivity contribution is 5.71. The second-order valence-electron chi connectivity index (χ2n) is 3.93. The number of carbonyl (C=O) groups is 1. The van der Waals surface area contributed by atoms with Crippen molar-refractivity contribution in [1.29, 1.82) is 0 Å². The maximum absolute atomic E-state index is 10.9. The summed E-state index contributed by atoms with van der Waals surface area (Å²) in [5, 5.41) is 0. The molecule has 2 saturated heterocycles. The Hall–Kier alpha value is -0.610. The van der Waals surface area contributed by atoms with E-state index in [0.29, 0.717) is 13.0 Å². The molecule has 2 aliphatic heterocycles. The Kier molecular flexibility index (Phi) is 2.04. The van der Waals surface area contributed by atoms with E-state index in [4.69, 9.17) is 14.2 Å². The topological polar surface area (TPSA) is 44.8 Å². The van der Waals surface area contributed by atoms with Gasteiger partial charge < -0.3 is 14.2 Å². The molecule has 0 spiro atoms. The van der Waals surface area contributed by atoms with Gasteiger partial charge in [0.2, 0.25) is 0 Å². The SMILES string of the molecule is CC1(C)OC[C@H]([C@H]2CCC(=O)O2)O1. The summed E-state index contributed by atoms with van der Waals surface area (Å²) in [5.41, 5.74) is 0. The average molecular weight is 186 g/mol. The number of rotatable bonds is 1. The van der Waals surface area contributed by atoms with Crippen LogP contribution in [0.3, 0.4) is 0 Å². The van der Waals surface area contributed by atoms with E-state index in [2.05, 4.69) is 0 Å². The Morgan fingerprint density at radius 2 is 2.15 bits per heavy atom. The fraction of sp³-hybridized carbons (Fsp3) is 0.889. The summed E-state index contributed by atoms with van der Waals surface area (Å²) in [6, 6.07) is 0. The third kappa shape index (κ3) is 1.84. The fourth-order valence-corrected chi connectivity index (χ4v) is 1.71. The lowest BCUT2D eigenvalue weighted by Gasteiger charge is -2.19. The Morgan fingerprint density at radius 1 is 1.38 bits per heavy atom. The van der Waals surface area contributed by atoms with Gasteiger partial charge in [-0.3, -0.25) is 4.79 Å². The van der Waals surface area contributed by atoms with Gasteiger partial charge in [0.1, 0.15) is 12.2 Å². The molecule has 4 heteroatoms. The van der Waals surface area contributed by atoms with Crippen LogP contribution >= 0.6 is 0 Å². The smallest absolute Gasteiger partial charge is 0.306 e. The first-order chi connectivity index (χ1) is 6.07. The van der Waals surface area contributed by atoms with E-state index in [-0.39, 0.29) is 18.2 Å². The molecule has 4 nitrogen and oxygen atoms in total. The van der Waals surface area contributed by atoms with E-state index in [9.17, 15) is 4.79 Å². The van der Waals surface area contributed by atoms with Crippen molar-refractivity contribution < 1.29 is 19.0 Å². The molecule has 0 aromatic rings. The van der Waals surface area contributed by atoms with Crippen LogP contribution < -0.4 is 0 Å². The maximum atomic E-state index is 10.9. The normalized spacial score (nSPS) is 37.8. The van der Waals surface area contributed by atoms with Gasteiger partial charge in [-0.25, -0.2) is 0 Å². The molecule has 74 valence electrons. The molecule has 2 rings (SSSR count). The third-order valence-corrected chi connectivity index (χ3v) is 2.36. The molecule has 0 radical (unpaired) electrons. The number of cyclic esters (lactones) is 1. The second-order valence-corrected chi connectivity index (χ2v) is 3.93. The van der Waals surface area contributed by atoms with Gasteiger partial charge in [0.05, 0.1) is 6.61 Å². The summed E-state index contributed by atoms with van der Waals surface area (Å²) in [5.74, 6) is -0.655. The summed E-state index contributed by atoms with van der Waals surface area (Å²) in [6.45, 7) is 4.25. The number of hydrogen-bond donors (Lipinski definition) is 0. The quantitative estimate of drug-likeness (QED) is 0.569. The highest BCUT2D eigenvalue weighted by Crippen LogP contribution is 2.29. The predicted octanol–water partition coefficient (Wildman–Crippen LogP) is 0.843. The molecule has 2 heterocycles. The van der Waals surface area contributed by atoms with Crippen molar-refractivity contribution in [2.75, 3.05) is 6.61 Å². The zero-order valence-corrected chi connectivity index (χ0v) is 7.91. The van der Waals surface area contributed by atoms with Gasteiger partial charge in [0, 0.05) is 6.42 Å². The minimum absolute atomic E-state index is 0.0820. The fourth-order valence-electron chi connectivity index (χ4n) is 1.71. The van der Waals surface area contributed by atoms with Crippen molar-refractivity contribution >= 4 is 5.97 Å². The van der Waals surface area contributed by atoms with Crippen LogP contribution in [0.25, 0.3) is 0 Å². The molecule has 0 N–H and O–H groups in total. The van der Waals surface area contributed by atoms with E-state index >= 15 is 0 Å². The minimum atomic E-state index is -0.528. The van der Waals surface area contributed by atoms with Crippen LogP contribution in [0, 0.1) is 0 Å². The molecule has 0 saturated carbocycles. The van der Waals surface area contributed by atoms with Crippen molar-refractivity contribution in [1.82, 2.24) is 0 Å².